The summed E-state index contributed by atoms with van der Waals surface area (Å²) in [4.78, 5) is 37.8. The molecule has 0 aliphatic carbocycles. The zero-order chi connectivity index (χ0) is 24.1. The molecule has 0 fully saturated rings. The molecule has 0 N–H and O–H groups in total. The van der Waals surface area contributed by atoms with E-state index in [2.05, 4.69) is 14.3 Å². The van der Waals surface area contributed by atoms with Crippen molar-refractivity contribution in [3.05, 3.63) is 44.0 Å². The molecule has 1 aromatic carbocycles. The summed E-state index contributed by atoms with van der Waals surface area (Å²) < 4.78 is 59.1. The Morgan fingerprint density at radius 3 is 2.62 bits per heavy atom. The highest BCUT2D eigenvalue weighted by molar-refractivity contribution is 6.30. The molecule has 0 bridgehead atoms. The Hall–Kier alpha value is -3.22. The number of alkyl halides is 3. The van der Waals surface area contributed by atoms with Gasteiger partial charge < -0.3 is 23.8 Å². The minimum atomic E-state index is -4.93. The lowest BCUT2D eigenvalue weighted by atomic mass is 9.99. The molecule has 2 atom stereocenters. The standard InChI is InChI=1S/C18H17ClF3NO9/c1-9-5-12(19)6-11-7-13(15(18(20,21)22)32-14(9)11)16(24)28-8-29-17(25)31-10(2)3-4-30-23(26)27/h5-7,10,15H,3-4,8H2,1-2H3/t10?,15-/m0/s1. The van der Waals surface area contributed by atoms with Crippen molar-refractivity contribution in [1.82, 2.24) is 0 Å². The maximum absolute atomic E-state index is 13.4. The lowest BCUT2D eigenvalue weighted by Gasteiger charge is -2.28. The molecule has 1 unspecified atom stereocenters. The van der Waals surface area contributed by atoms with Gasteiger partial charge in [0.15, 0.2) is 0 Å². The second kappa shape index (κ2) is 10.4. The quantitative estimate of drug-likeness (QED) is 0.233. The Balaban J connectivity index is 1.99. The zero-order valence-electron chi connectivity index (χ0n) is 16.6. The molecule has 10 nitrogen and oxygen atoms in total. The summed E-state index contributed by atoms with van der Waals surface area (Å²) in [5, 5.41) is 9.24. The van der Waals surface area contributed by atoms with Gasteiger partial charge >= 0.3 is 18.3 Å². The third kappa shape index (κ3) is 6.90. The van der Waals surface area contributed by atoms with E-state index in [-0.39, 0.29) is 29.4 Å². The molecular formula is C18H17ClF3NO9. The van der Waals surface area contributed by atoms with Gasteiger partial charge in [0.05, 0.1) is 12.2 Å². The average molecular weight is 484 g/mol. The summed E-state index contributed by atoms with van der Waals surface area (Å²) in [6, 6.07) is 2.73. The van der Waals surface area contributed by atoms with Gasteiger partial charge in [-0.3, -0.25) is 0 Å². The first-order valence-corrected chi connectivity index (χ1v) is 9.29. The van der Waals surface area contributed by atoms with E-state index >= 15 is 0 Å². The fraction of sp³-hybridized carbons (Fsp3) is 0.444. The van der Waals surface area contributed by atoms with E-state index in [1.807, 2.05) is 0 Å². The Kier molecular flexibility index (Phi) is 8.14. The number of hydrogen-bond donors (Lipinski definition) is 0. The molecule has 1 aliphatic heterocycles. The van der Waals surface area contributed by atoms with E-state index in [1.54, 1.807) is 0 Å². The van der Waals surface area contributed by atoms with Gasteiger partial charge in [0.25, 0.3) is 5.09 Å². The van der Waals surface area contributed by atoms with Crippen LogP contribution in [-0.4, -0.2) is 49.0 Å². The number of carbonyl (C=O) groups excluding carboxylic acids is 2. The molecule has 1 heterocycles. The predicted molar refractivity (Wildman–Crippen MR) is 100 cm³/mol. The van der Waals surface area contributed by atoms with E-state index in [1.165, 1.54) is 26.0 Å². The van der Waals surface area contributed by atoms with E-state index in [0.717, 1.165) is 6.08 Å². The zero-order valence-corrected chi connectivity index (χ0v) is 17.4. The molecule has 0 aromatic heterocycles. The Labute approximate surface area is 183 Å². The molecular weight excluding hydrogens is 467 g/mol. The monoisotopic (exact) mass is 483 g/mol. The molecule has 0 saturated heterocycles. The van der Waals surface area contributed by atoms with Crippen LogP contribution in [0.1, 0.15) is 24.5 Å². The molecule has 2 rings (SSSR count). The van der Waals surface area contributed by atoms with Crippen molar-refractivity contribution in [1.29, 1.82) is 0 Å². The van der Waals surface area contributed by atoms with Crippen LogP contribution in [0, 0.1) is 17.0 Å². The first-order chi connectivity index (χ1) is 14.9. The van der Waals surface area contributed by atoms with Gasteiger partial charge in [-0.25, -0.2) is 9.59 Å². The summed E-state index contributed by atoms with van der Waals surface area (Å²) >= 11 is 5.91. The summed E-state index contributed by atoms with van der Waals surface area (Å²) in [6.45, 7) is 1.51. The molecule has 0 amide bonds. The van der Waals surface area contributed by atoms with E-state index in [0.29, 0.717) is 5.56 Å². The SMILES string of the molecule is Cc1cc(Cl)cc2c1O[C@H](C(F)(F)F)C(C(=O)OCOC(=O)OC(C)CCO[N+](=O)[O-])=C2. The number of fused-ring (bicyclic) bond motifs is 1. The molecule has 32 heavy (non-hydrogen) atoms. The summed E-state index contributed by atoms with van der Waals surface area (Å²) in [5.41, 5.74) is -0.378. The van der Waals surface area contributed by atoms with Crippen molar-refractivity contribution in [2.75, 3.05) is 13.4 Å². The normalized spacial score (nSPS) is 16.1. The first-order valence-electron chi connectivity index (χ1n) is 8.91. The lowest BCUT2D eigenvalue weighted by molar-refractivity contribution is -0.758. The second-order valence-corrected chi connectivity index (χ2v) is 6.93. The van der Waals surface area contributed by atoms with Crippen LogP contribution in [0.2, 0.25) is 5.02 Å². The Morgan fingerprint density at radius 2 is 2.00 bits per heavy atom. The molecule has 1 aliphatic rings. The predicted octanol–water partition coefficient (Wildman–Crippen LogP) is 4.00. The summed E-state index contributed by atoms with van der Waals surface area (Å²) in [7, 11) is 0. The van der Waals surface area contributed by atoms with Crippen molar-refractivity contribution in [3.63, 3.8) is 0 Å². The first kappa shape index (κ1) is 25.0. The minimum Gasteiger partial charge on any atom is -0.475 e. The Bertz CT molecular complexity index is 920. The van der Waals surface area contributed by atoms with E-state index < -0.39 is 48.0 Å². The van der Waals surface area contributed by atoms with Gasteiger partial charge in [-0.05, 0) is 37.6 Å². The van der Waals surface area contributed by atoms with E-state index in [4.69, 9.17) is 21.1 Å². The number of nitrogens with zero attached hydrogens (tertiary/aromatic N) is 1. The van der Waals surface area contributed by atoms with Crippen molar-refractivity contribution in [3.8, 4) is 5.75 Å². The molecule has 0 spiro atoms. The van der Waals surface area contributed by atoms with Crippen LogP contribution >= 0.6 is 11.6 Å². The fourth-order valence-corrected chi connectivity index (χ4v) is 2.90. The highest BCUT2D eigenvalue weighted by Gasteiger charge is 2.49. The molecule has 176 valence electrons. The molecule has 0 saturated carbocycles. The highest BCUT2D eigenvalue weighted by Crippen LogP contribution is 2.40. The summed E-state index contributed by atoms with van der Waals surface area (Å²) in [6.07, 6.45) is -8.78. The van der Waals surface area contributed by atoms with Gasteiger partial charge in [-0.1, -0.05) is 11.6 Å². The average Bonchev–Trinajstić information content (AvgIpc) is 2.65. The van der Waals surface area contributed by atoms with Crippen molar-refractivity contribution in [2.45, 2.75) is 38.7 Å². The third-order valence-electron chi connectivity index (χ3n) is 4.02. The van der Waals surface area contributed by atoms with Crippen molar-refractivity contribution < 1.29 is 51.6 Å². The molecule has 0 radical (unpaired) electrons. The second-order valence-electron chi connectivity index (χ2n) is 6.50. The minimum absolute atomic E-state index is 0.0330. The summed E-state index contributed by atoms with van der Waals surface area (Å²) in [5.74, 6) is -1.51. The number of rotatable bonds is 8. The number of carbonyl (C=O) groups is 2. The topological polar surface area (TPSA) is 123 Å². The van der Waals surface area contributed by atoms with Crippen LogP contribution in [0.3, 0.4) is 0 Å². The number of hydrogen-bond acceptors (Lipinski definition) is 9. The number of aryl methyl sites for hydroxylation is 1. The number of benzene rings is 1. The third-order valence-corrected chi connectivity index (χ3v) is 4.23. The van der Waals surface area contributed by atoms with Crippen molar-refractivity contribution >= 4 is 29.8 Å². The van der Waals surface area contributed by atoms with Crippen LogP contribution in [0.15, 0.2) is 17.7 Å². The highest BCUT2D eigenvalue weighted by atomic mass is 35.5. The van der Waals surface area contributed by atoms with Gasteiger partial charge in [0.1, 0.15) is 11.9 Å². The van der Waals surface area contributed by atoms with Crippen LogP contribution in [0.5, 0.6) is 5.75 Å². The van der Waals surface area contributed by atoms with Crippen LogP contribution in [0.25, 0.3) is 6.08 Å². The van der Waals surface area contributed by atoms with Gasteiger partial charge in [0.2, 0.25) is 12.9 Å². The van der Waals surface area contributed by atoms with Crippen LogP contribution < -0.4 is 4.74 Å². The lowest BCUT2D eigenvalue weighted by Crippen LogP contribution is -2.41. The fourth-order valence-electron chi connectivity index (χ4n) is 2.62. The Morgan fingerprint density at radius 1 is 1.31 bits per heavy atom. The maximum atomic E-state index is 13.4. The number of halogens is 4. The smallest absolute Gasteiger partial charge is 0.475 e. The van der Waals surface area contributed by atoms with Gasteiger partial charge in [0, 0.05) is 17.0 Å². The molecule has 14 heteroatoms. The maximum Gasteiger partial charge on any atom is 0.511 e. The van der Waals surface area contributed by atoms with Gasteiger partial charge in [-0.2, -0.15) is 13.2 Å². The van der Waals surface area contributed by atoms with Crippen LogP contribution in [0.4, 0.5) is 18.0 Å². The largest absolute Gasteiger partial charge is 0.511 e. The number of ether oxygens (including phenoxy) is 4. The number of esters is 1. The van der Waals surface area contributed by atoms with Crippen LogP contribution in [-0.2, 0) is 23.8 Å². The van der Waals surface area contributed by atoms with E-state index in [9.17, 15) is 32.9 Å². The van der Waals surface area contributed by atoms with Crippen molar-refractivity contribution in [2.24, 2.45) is 0 Å². The van der Waals surface area contributed by atoms with Gasteiger partial charge in [-0.15, -0.1) is 10.1 Å². The molecule has 1 aromatic rings.